The summed E-state index contributed by atoms with van der Waals surface area (Å²) in [5.74, 6) is -2.17. The van der Waals surface area contributed by atoms with Gasteiger partial charge in [-0.2, -0.15) is 0 Å². The van der Waals surface area contributed by atoms with E-state index in [0.29, 0.717) is 5.56 Å². The van der Waals surface area contributed by atoms with Crippen molar-refractivity contribution in [2.75, 3.05) is 0 Å². The van der Waals surface area contributed by atoms with Gasteiger partial charge in [-0.1, -0.05) is 12.1 Å². The highest BCUT2D eigenvalue weighted by Crippen LogP contribution is 2.41. The minimum Gasteiger partial charge on any atom is -0.485 e. The zero-order valence-corrected chi connectivity index (χ0v) is 10.3. The summed E-state index contributed by atoms with van der Waals surface area (Å²) in [6.07, 6.45) is -1.75. The molecule has 0 saturated heterocycles. The summed E-state index contributed by atoms with van der Waals surface area (Å²) >= 11 is 0. The van der Waals surface area contributed by atoms with Crippen molar-refractivity contribution < 1.29 is 23.0 Å². The number of benzene rings is 2. The quantitative estimate of drug-likeness (QED) is 0.863. The summed E-state index contributed by atoms with van der Waals surface area (Å²) in [6.45, 7) is 0. The van der Waals surface area contributed by atoms with Crippen LogP contribution in [-0.2, 0) is 0 Å². The fraction of sp³-hybridized carbons (Fsp3) is 0.200. The largest absolute Gasteiger partial charge is 0.485 e. The fourth-order valence-corrected chi connectivity index (χ4v) is 2.38. The van der Waals surface area contributed by atoms with E-state index in [-0.39, 0.29) is 17.7 Å². The van der Waals surface area contributed by atoms with E-state index in [2.05, 4.69) is 0 Å². The molecule has 104 valence electrons. The van der Waals surface area contributed by atoms with E-state index in [0.717, 1.165) is 6.07 Å². The van der Waals surface area contributed by atoms with Gasteiger partial charge in [-0.05, 0) is 24.3 Å². The summed E-state index contributed by atoms with van der Waals surface area (Å²) in [5, 5.41) is 10.0. The number of ether oxygens (including phenoxy) is 1. The zero-order chi connectivity index (χ0) is 14.3. The highest BCUT2D eigenvalue weighted by molar-refractivity contribution is 5.39. The van der Waals surface area contributed by atoms with Crippen molar-refractivity contribution in [3.05, 3.63) is 65.0 Å². The van der Waals surface area contributed by atoms with Gasteiger partial charge in [0.1, 0.15) is 17.7 Å². The topological polar surface area (TPSA) is 29.5 Å². The Morgan fingerprint density at radius 2 is 1.85 bits per heavy atom. The van der Waals surface area contributed by atoms with E-state index in [1.165, 1.54) is 30.3 Å². The van der Waals surface area contributed by atoms with Crippen molar-refractivity contribution in [2.45, 2.75) is 18.6 Å². The molecule has 20 heavy (non-hydrogen) atoms. The fourth-order valence-electron chi connectivity index (χ4n) is 2.38. The second-order valence-corrected chi connectivity index (χ2v) is 4.68. The summed E-state index contributed by atoms with van der Waals surface area (Å²) in [5.41, 5.74) is 0.358. The van der Waals surface area contributed by atoms with Gasteiger partial charge >= 0.3 is 0 Å². The SMILES string of the molecule is O[C@@H]1CC(c2cccc(F)c2F)Oc2ccc(F)cc21. The molecule has 0 aromatic heterocycles. The molecule has 0 radical (unpaired) electrons. The lowest BCUT2D eigenvalue weighted by molar-refractivity contribution is 0.0632. The highest BCUT2D eigenvalue weighted by atomic mass is 19.2. The lowest BCUT2D eigenvalue weighted by Crippen LogP contribution is -2.20. The van der Waals surface area contributed by atoms with Crippen LogP contribution < -0.4 is 4.74 Å². The first-order valence-corrected chi connectivity index (χ1v) is 6.14. The third-order valence-electron chi connectivity index (χ3n) is 3.37. The van der Waals surface area contributed by atoms with Crippen LogP contribution in [0.3, 0.4) is 0 Å². The molecule has 1 aliphatic heterocycles. The minimum absolute atomic E-state index is 0.0385. The van der Waals surface area contributed by atoms with Crippen molar-refractivity contribution in [3.63, 3.8) is 0 Å². The van der Waals surface area contributed by atoms with E-state index >= 15 is 0 Å². The minimum atomic E-state index is -0.990. The zero-order valence-electron chi connectivity index (χ0n) is 10.3. The van der Waals surface area contributed by atoms with Crippen LogP contribution in [0.4, 0.5) is 13.2 Å². The smallest absolute Gasteiger partial charge is 0.165 e. The number of aliphatic hydroxyl groups is 1. The molecule has 0 aliphatic carbocycles. The molecule has 2 aromatic rings. The average molecular weight is 280 g/mol. The third-order valence-corrected chi connectivity index (χ3v) is 3.37. The van der Waals surface area contributed by atoms with E-state index in [1.807, 2.05) is 0 Å². The molecule has 0 spiro atoms. The highest BCUT2D eigenvalue weighted by Gasteiger charge is 2.30. The molecule has 0 amide bonds. The summed E-state index contributed by atoms with van der Waals surface area (Å²) in [7, 11) is 0. The summed E-state index contributed by atoms with van der Waals surface area (Å²) < 4.78 is 45.7. The van der Waals surface area contributed by atoms with Crippen LogP contribution in [-0.4, -0.2) is 5.11 Å². The van der Waals surface area contributed by atoms with Crippen molar-refractivity contribution in [1.82, 2.24) is 0 Å². The number of aliphatic hydroxyl groups excluding tert-OH is 1. The molecule has 5 heteroatoms. The average Bonchev–Trinajstić information content (AvgIpc) is 2.42. The number of hydrogen-bond donors (Lipinski definition) is 1. The Morgan fingerprint density at radius 3 is 2.65 bits per heavy atom. The van der Waals surface area contributed by atoms with Crippen LogP contribution in [0.2, 0.25) is 0 Å². The molecule has 0 bridgehead atoms. The van der Waals surface area contributed by atoms with Crippen LogP contribution in [0.15, 0.2) is 36.4 Å². The molecule has 1 unspecified atom stereocenters. The van der Waals surface area contributed by atoms with Gasteiger partial charge in [-0.3, -0.25) is 0 Å². The second-order valence-electron chi connectivity index (χ2n) is 4.68. The molecule has 0 saturated carbocycles. The van der Waals surface area contributed by atoms with Gasteiger partial charge in [-0.25, -0.2) is 13.2 Å². The van der Waals surface area contributed by atoms with Gasteiger partial charge in [-0.15, -0.1) is 0 Å². The van der Waals surface area contributed by atoms with Crippen LogP contribution in [0.5, 0.6) is 5.75 Å². The molecule has 2 atom stereocenters. The van der Waals surface area contributed by atoms with E-state index in [9.17, 15) is 18.3 Å². The maximum atomic E-state index is 13.8. The number of rotatable bonds is 1. The molecular formula is C15H11F3O2. The van der Waals surface area contributed by atoms with Gasteiger partial charge in [0.2, 0.25) is 0 Å². The molecule has 1 heterocycles. The van der Waals surface area contributed by atoms with Gasteiger partial charge in [0.25, 0.3) is 0 Å². The van der Waals surface area contributed by atoms with Crippen LogP contribution in [0.1, 0.15) is 29.8 Å². The normalized spacial score (nSPS) is 21.2. The predicted molar refractivity (Wildman–Crippen MR) is 65.7 cm³/mol. The van der Waals surface area contributed by atoms with Crippen molar-refractivity contribution in [3.8, 4) is 5.75 Å². The Bertz CT molecular complexity index is 658. The predicted octanol–water partition coefficient (Wildman–Crippen LogP) is 3.66. The maximum absolute atomic E-state index is 13.8. The van der Waals surface area contributed by atoms with Crippen molar-refractivity contribution >= 4 is 0 Å². The van der Waals surface area contributed by atoms with Crippen LogP contribution in [0, 0.1) is 17.5 Å². The van der Waals surface area contributed by atoms with Crippen molar-refractivity contribution in [2.24, 2.45) is 0 Å². The van der Waals surface area contributed by atoms with Crippen LogP contribution >= 0.6 is 0 Å². The van der Waals surface area contributed by atoms with Gasteiger partial charge in [0.05, 0.1) is 6.10 Å². The molecular weight excluding hydrogens is 269 g/mol. The standard InChI is InChI=1S/C15H11F3O2/c16-8-4-5-13-10(6-8)12(19)7-14(20-13)9-2-1-3-11(17)15(9)18/h1-6,12,14,19H,7H2/t12-,14?/m1/s1. The molecule has 0 fully saturated rings. The van der Waals surface area contributed by atoms with E-state index in [4.69, 9.17) is 4.74 Å². The molecule has 2 aromatic carbocycles. The van der Waals surface area contributed by atoms with Gasteiger partial charge in [0.15, 0.2) is 11.6 Å². The summed E-state index contributed by atoms with van der Waals surface area (Å²) in [4.78, 5) is 0. The van der Waals surface area contributed by atoms with Crippen molar-refractivity contribution in [1.29, 1.82) is 0 Å². The molecule has 3 rings (SSSR count). The number of fused-ring (bicyclic) bond motifs is 1. The van der Waals surface area contributed by atoms with Crippen LogP contribution in [0.25, 0.3) is 0 Å². The molecule has 1 N–H and O–H groups in total. The molecule has 2 nitrogen and oxygen atoms in total. The van der Waals surface area contributed by atoms with Gasteiger partial charge in [0, 0.05) is 17.5 Å². The Balaban J connectivity index is 1.99. The Hall–Kier alpha value is -2.01. The maximum Gasteiger partial charge on any atom is 0.165 e. The first-order chi connectivity index (χ1) is 9.56. The monoisotopic (exact) mass is 280 g/mol. The summed E-state index contributed by atoms with van der Waals surface area (Å²) in [6, 6.07) is 7.54. The lowest BCUT2D eigenvalue weighted by atomic mass is 9.94. The first-order valence-electron chi connectivity index (χ1n) is 6.14. The number of hydrogen-bond acceptors (Lipinski definition) is 2. The molecule has 1 aliphatic rings. The van der Waals surface area contributed by atoms with Gasteiger partial charge < -0.3 is 9.84 Å². The lowest BCUT2D eigenvalue weighted by Gasteiger charge is -2.30. The Labute approximate surface area is 113 Å². The third kappa shape index (κ3) is 2.14. The Kier molecular flexibility index (Phi) is 3.14. The Morgan fingerprint density at radius 1 is 1.05 bits per heavy atom. The van der Waals surface area contributed by atoms with E-state index in [1.54, 1.807) is 0 Å². The number of halogens is 3. The first kappa shape index (κ1) is 13.0. The second kappa shape index (κ2) is 4.83. The van der Waals surface area contributed by atoms with E-state index < -0.39 is 29.7 Å².